The number of carbonyl (C=O) groups is 2. The highest BCUT2D eigenvalue weighted by Crippen LogP contribution is 2.23. The van der Waals surface area contributed by atoms with Gasteiger partial charge in [0.1, 0.15) is 5.82 Å². The SMILES string of the molecule is CN(Cc1ccccc1F)C(=O)COC(=O)c1ccc2c(c1)CCC2. The number of fused-ring (bicyclic) bond motifs is 1. The maximum atomic E-state index is 13.6. The lowest BCUT2D eigenvalue weighted by atomic mass is 10.1. The molecular weight excluding hydrogens is 321 g/mol. The lowest BCUT2D eigenvalue weighted by Crippen LogP contribution is -2.31. The molecule has 0 aliphatic heterocycles. The van der Waals surface area contributed by atoms with Crippen LogP contribution in [0.5, 0.6) is 0 Å². The van der Waals surface area contributed by atoms with Gasteiger partial charge in [-0.2, -0.15) is 0 Å². The lowest BCUT2D eigenvalue weighted by molar-refractivity contribution is -0.133. The fourth-order valence-corrected chi connectivity index (χ4v) is 2.99. The predicted molar refractivity (Wildman–Crippen MR) is 91.6 cm³/mol. The molecule has 2 aromatic carbocycles. The van der Waals surface area contributed by atoms with Gasteiger partial charge in [0.15, 0.2) is 6.61 Å². The van der Waals surface area contributed by atoms with E-state index in [1.54, 1.807) is 31.3 Å². The highest BCUT2D eigenvalue weighted by molar-refractivity contribution is 5.91. The number of carbonyl (C=O) groups excluding carboxylic acids is 2. The second kappa shape index (κ2) is 7.47. The number of hydrogen-bond acceptors (Lipinski definition) is 3. The Labute approximate surface area is 146 Å². The molecule has 2 aromatic rings. The van der Waals surface area contributed by atoms with E-state index < -0.39 is 5.97 Å². The van der Waals surface area contributed by atoms with Gasteiger partial charge in [0, 0.05) is 19.2 Å². The van der Waals surface area contributed by atoms with Crippen molar-refractivity contribution < 1.29 is 18.7 Å². The fraction of sp³-hybridized carbons (Fsp3) is 0.300. The van der Waals surface area contributed by atoms with E-state index in [0.717, 1.165) is 19.3 Å². The topological polar surface area (TPSA) is 46.6 Å². The Morgan fingerprint density at radius 2 is 1.88 bits per heavy atom. The Balaban J connectivity index is 1.54. The van der Waals surface area contributed by atoms with Gasteiger partial charge in [0.05, 0.1) is 5.56 Å². The summed E-state index contributed by atoms with van der Waals surface area (Å²) in [6.45, 7) is -0.233. The molecule has 0 saturated heterocycles. The summed E-state index contributed by atoms with van der Waals surface area (Å²) in [5.41, 5.74) is 3.34. The van der Waals surface area contributed by atoms with Crippen LogP contribution < -0.4 is 0 Å². The van der Waals surface area contributed by atoms with E-state index in [1.807, 2.05) is 12.1 Å². The molecule has 4 nitrogen and oxygen atoms in total. The number of aryl methyl sites for hydroxylation is 2. The van der Waals surface area contributed by atoms with Gasteiger partial charge in [-0.05, 0) is 48.6 Å². The molecule has 0 heterocycles. The molecule has 1 amide bonds. The molecule has 0 N–H and O–H groups in total. The number of amides is 1. The van der Waals surface area contributed by atoms with Crippen molar-refractivity contribution in [3.63, 3.8) is 0 Å². The summed E-state index contributed by atoms with van der Waals surface area (Å²) in [4.78, 5) is 25.6. The van der Waals surface area contributed by atoms with Crippen LogP contribution in [0.25, 0.3) is 0 Å². The van der Waals surface area contributed by atoms with Crippen LogP contribution in [0.1, 0.15) is 33.5 Å². The first kappa shape index (κ1) is 17.1. The number of hydrogen-bond donors (Lipinski definition) is 0. The van der Waals surface area contributed by atoms with Crippen LogP contribution >= 0.6 is 0 Å². The van der Waals surface area contributed by atoms with Crippen LogP contribution in [-0.2, 0) is 28.9 Å². The number of nitrogens with zero attached hydrogens (tertiary/aromatic N) is 1. The predicted octanol–water partition coefficient (Wildman–Crippen LogP) is 3.13. The van der Waals surface area contributed by atoms with E-state index in [0.29, 0.717) is 11.1 Å². The van der Waals surface area contributed by atoms with E-state index in [2.05, 4.69) is 0 Å². The van der Waals surface area contributed by atoms with Gasteiger partial charge in [-0.1, -0.05) is 24.3 Å². The van der Waals surface area contributed by atoms with Crippen molar-refractivity contribution >= 4 is 11.9 Å². The average molecular weight is 341 g/mol. The van der Waals surface area contributed by atoms with E-state index >= 15 is 0 Å². The summed E-state index contributed by atoms with van der Waals surface area (Å²) in [5, 5.41) is 0. The molecule has 5 heteroatoms. The van der Waals surface area contributed by atoms with Crippen molar-refractivity contribution in [2.45, 2.75) is 25.8 Å². The smallest absolute Gasteiger partial charge is 0.338 e. The van der Waals surface area contributed by atoms with Crippen LogP contribution in [0.15, 0.2) is 42.5 Å². The standard InChI is InChI=1S/C20H20FNO3/c1-22(12-17-5-2-3-8-18(17)21)19(23)13-25-20(24)16-10-9-14-6-4-7-15(14)11-16/h2-3,5,8-11H,4,6-7,12-13H2,1H3. The van der Waals surface area contributed by atoms with Gasteiger partial charge in [0.2, 0.25) is 0 Å². The van der Waals surface area contributed by atoms with Crippen molar-refractivity contribution in [1.29, 1.82) is 0 Å². The quantitative estimate of drug-likeness (QED) is 0.785. The van der Waals surface area contributed by atoms with Gasteiger partial charge >= 0.3 is 5.97 Å². The minimum absolute atomic E-state index is 0.127. The van der Waals surface area contributed by atoms with Crippen LogP contribution in [-0.4, -0.2) is 30.4 Å². The summed E-state index contributed by atoms with van der Waals surface area (Å²) >= 11 is 0. The third-order valence-electron chi connectivity index (χ3n) is 4.45. The summed E-state index contributed by atoms with van der Waals surface area (Å²) < 4.78 is 18.7. The van der Waals surface area contributed by atoms with Crippen LogP contribution in [0.4, 0.5) is 4.39 Å². The number of rotatable bonds is 5. The molecule has 0 bridgehead atoms. The number of ether oxygens (including phenoxy) is 1. The second-order valence-electron chi connectivity index (χ2n) is 6.25. The highest BCUT2D eigenvalue weighted by atomic mass is 19.1. The van der Waals surface area contributed by atoms with E-state index in [4.69, 9.17) is 4.74 Å². The Kier molecular flexibility index (Phi) is 5.12. The zero-order chi connectivity index (χ0) is 17.8. The molecule has 1 aliphatic carbocycles. The monoisotopic (exact) mass is 341 g/mol. The van der Waals surface area contributed by atoms with E-state index in [1.165, 1.54) is 22.1 Å². The molecule has 1 aliphatic rings. The molecule has 25 heavy (non-hydrogen) atoms. The van der Waals surface area contributed by atoms with Crippen molar-refractivity contribution in [2.75, 3.05) is 13.7 Å². The Morgan fingerprint density at radius 3 is 2.68 bits per heavy atom. The largest absolute Gasteiger partial charge is 0.452 e. The zero-order valence-electron chi connectivity index (χ0n) is 14.1. The van der Waals surface area contributed by atoms with Crippen LogP contribution in [0.2, 0.25) is 0 Å². The first-order valence-electron chi connectivity index (χ1n) is 8.31. The number of likely N-dealkylation sites (N-methyl/N-ethyl adjacent to an activating group) is 1. The minimum Gasteiger partial charge on any atom is -0.452 e. The van der Waals surface area contributed by atoms with Gasteiger partial charge in [-0.3, -0.25) is 4.79 Å². The summed E-state index contributed by atoms with van der Waals surface area (Å²) in [7, 11) is 1.55. The molecule has 0 spiro atoms. The third kappa shape index (κ3) is 4.05. The summed E-state index contributed by atoms with van der Waals surface area (Å²) in [5.74, 6) is -1.25. The van der Waals surface area contributed by atoms with E-state index in [9.17, 15) is 14.0 Å². The van der Waals surface area contributed by atoms with Gasteiger partial charge in [-0.25, -0.2) is 9.18 Å². The van der Waals surface area contributed by atoms with Crippen molar-refractivity contribution in [1.82, 2.24) is 4.90 Å². The molecule has 3 rings (SSSR count). The molecule has 0 fully saturated rings. The summed E-state index contributed by atoms with van der Waals surface area (Å²) in [6.07, 6.45) is 3.12. The van der Waals surface area contributed by atoms with Gasteiger partial charge < -0.3 is 9.64 Å². The maximum absolute atomic E-state index is 13.6. The minimum atomic E-state index is -0.512. The highest BCUT2D eigenvalue weighted by Gasteiger charge is 2.17. The van der Waals surface area contributed by atoms with Gasteiger partial charge in [-0.15, -0.1) is 0 Å². The molecule has 0 saturated carbocycles. The maximum Gasteiger partial charge on any atom is 0.338 e. The molecular formula is C20H20FNO3. The Bertz CT molecular complexity index is 803. The fourth-order valence-electron chi connectivity index (χ4n) is 2.99. The molecule has 130 valence electrons. The third-order valence-corrected chi connectivity index (χ3v) is 4.45. The first-order chi connectivity index (χ1) is 12.0. The zero-order valence-corrected chi connectivity index (χ0v) is 14.1. The first-order valence-corrected chi connectivity index (χ1v) is 8.31. The van der Waals surface area contributed by atoms with Crippen molar-refractivity contribution in [3.8, 4) is 0 Å². The molecule has 0 unspecified atom stereocenters. The number of esters is 1. The lowest BCUT2D eigenvalue weighted by Gasteiger charge is -2.17. The Hall–Kier alpha value is -2.69. The van der Waals surface area contributed by atoms with Crippen LogP contribution in [0.3, 0.4) is 0 Å². The van der Waals surface area contributed by atoms with Crippen LogP contribution in [0, 0.1) is 5.82 Å². The Morgan fingerprint density at radius 1 is 1.12 bits per heavy atom. The molecule has 0 atom stereocenters. The molecule has 0 radical (unpaired) electrons. The van der Waals surface area contributed by atoms with E-state index in [-0.39, 0.29) is 24.9 Å². The number of halogens is 1. The number of benzene rings is 2. The second-order valence-corrected chi connectivity index (χ2v) is 6.25. The summed E-state index contributed by atoms with van der Waals surface area (Å²) in [6, 6.07) is 11.8. The van der Waals surface area contributed by atoms with Gasteiger partial charge in [0.25, 0.3) is 5.91 Å². The molecule has 0 aromatic heterocycles. The van der Waals surface area contributed by atoms with Crippen molar-refractivity contribution in [3.05, 3.63) is 70.5 Å². The average Bonchev–Trinajstić information content (AvgIpc) is 3.08. The van der Waals surface area contributed by atoms with Crippen molar-refractivity contribution in [2.24, 2.45) is 0 Å². The normalized spacial score (nSPS) is 12.6.